The second-order valence-electron chi connectivity index (χ2n) is 9.18. The molecule has 7 nitrogen and oxygen atoms in total. The number of halogens is 1. The fourth-order valence-corrected chi connectivity index (χ4v) is 5.43. The molecule has 3 amide bonds. The van der Waals surface area contributed by atoms with Crippen molar-refractivity contribution in [3.05, 3.63) is 35.6 Å². The fraction of sp³-hybridized carbons (Fsp3) is 0.625. The Labute approximate surface area is 188 Å². The first-order chi connectivity index (χ1) is 15.4. The van der Waals surface area contributed by atoms with Crippen LogP contribution in [-0.2, 0) is 20.8 Å². The summed E-state index contributed by atoms with van der Waals surface area (Å²) >= 11 is 0. The van der Waals surface area contributed by atoms with E-state index < -0.39 is 17.4 Å². The summed E-state index contributed by atoms with van der Waals surface area (Å²) in [4.78, 5) is 40.3. The minimum atomic E-state index is -0.951. The van der Waals surface area contributed by atoms with Crippen LogP contribution in [0, 0.1) is 17.2 Å². The number of hydroxylamine groups is 1. The molecule has 3 N–H and O–H groups in total. The molecule has 176 valence electrons. The second-order valence-corrected chi connectivity index (χ2v) is 9.18. The van der Waals surface area contributed by atoms with Crippen LogP contribution in [0.1, 0.15) is 63.4 Å². The summed E-state index contributed by atoms with van der Waals surface area (Å²) in [6.45, 7) is 0.419. The molecule has 1 heterocycles. The van der Waals surface area contributed by atoms with E-state index in [0.717, 1.165) is 37.7 Å². The Morgan fingerprint density at radius 1 is 1.22 bits per heavy atom. The lowest BCUT2D eigenvalue weighted by molar-refractivity contribution is -0.148. The third kappa shape index (κ3) is 5.46. The Morgan fingerprint density at radius 2 is 1.91 bits per heavy atom. The van der Waals surface area contributed by atoms with Gasteiger partial charge in [0.15, 0.2) is 0 Å². The van der Waals surface area contributed by atoms with Gasteiger partial charge in [0.05, 0.1) is 5.41 Å². The molecule has 0 spiro atoms. The van der Waals surface area contributed by atoms with Crippen LogP contribution in [0.5, 0.6) is 0 Å². The predicted molar refractivity (Wildman–Crippen MR) is 117 cm³/mol. The van der Waals surface area contributed by atoms with Crippen LogP contribution in [0.4, 0.5) is 4.39 Å². The molecule has 32 heavy (non-hydrogen) atoms. The number of carbonyl (C=O) groups is 3. The fourth-order valence-electron chi connectivity index (χ4n) is 5.43. The van der Waals surface area contributed by atoms with Crippen molar-refractivity contribution < 1.29 is 24.0 Å². The number of carbonyl (C=O) groups excluding carboxylic acids is 3. The van der Waals surface area contributed by atoms with Gasteiger partial charge in [-0.25, -0.2) is 9.87 Å². The number of amides is 3. The quantitative estimate of drug-likeness (QED) is 0.400. The van der Waals surface area contributed by atoms with Crippen LogP contribution in [0.25, 0.3) is 0 Å². The van der Waals surface area contributed by atoms with Crippen LogP contribution < -0.4 is 10.8 Å². The lowest BCUT2D eigenvalue weighted by atomic mass is 9.77. The van der Waals surface area contributed by atoms with E-state index in [-0.39, 0.29) is 30.0 Å². The highest BCUT2D eigenvalue weighted by molar-refractivity contribution is 5.94. The maximum atomic E-state index is 13.7. The summed E-state index contributed by atoms with van der Waals surface area (Å²) in [6.07, 6.45) is 7.16. The molecule has 2 atom stereocenters. The van der Waals surface area contributed by atoms with Gasteiger partial charge in [-0.1, -0.05) is 31.4 Å². The van der Waals surface area contributed by atoms with Gasteiger partial charge in [-0.2, -0.15) is 0 Å². The molecule has 1 saturated heterocycles. The van der Waals surface area contributed by atoms with Gasteiger partial charge < -0.3 is 10.2 Å². The number of hydrogen-bond acceptors (Lipinski definition) is 4. The SMILES string of the molecule is CNC(=O)C(C1CCCCC1)N1CCC(CCCc2ccc(F)cc2)(CC(=O)NO)C1=O. The van der Waals surface area contributed by atoms with Crippen molar-refractivity contribution in [1.29, 1.82) is 0 Å². The number of rotatable bonds is 9. The molecule has 8 heteroatoms. The van der Waals surface area contributed by atoms with Crippen LogP contribution in [0.2, 0.25) is 0 Å². The van der Waals surface area contributed by atoms with E-state index in [1.165, 1.54) is 12.1 Å². The Bertz CT molecular complexity index is 810. The lowest BCUT2D eigenvalue weighted by Crippen LogP contribution is -2.53. The van der Waals surface area contributed by atoms with E-state index in [2.05, 4.69) is 5.32 Å². The molecule has 1 saturated carbocycles. The molecule has 1 aliphatic carbocycles. The maximum Gasteiger partial charge on any atom is 0.244 e. The van der Waals surface area contributed by atoms with Gasteiger partial charge in [0.1, 0.15) is 11.9 Å². The predicted octanol–water partition coefficient (Wildman–Crippen LogP) is 2.96. The van der Waals surface area contributed by atoms with Crippen molar-refractivity contribution in [2.75, 3.05) is 13.6 Å². The Kier molecular flexibility index (Phi) is 8.23. The normalized spacial score (nSPS) is 22.6. The molecular formula is C24H34FN3O4. The molecule has 2 unspecified atom stereocenters. The molecule has 2 aliphatic rings. The van der Waals surface area contributed by atoms with Gasteiger partial charge in [0, 0.05) is 20.0 Å². The zero-order chi connectivity index (χ0) is 23.1. The van der Waals surface area contributed by atoms with E-state index in [4.69, 9.17) is 5.21 Å². The topological polar surface area (TPSA) is 98.7 Å². The summed E-state index contributed by atoms with van der Waals surface area (Å²) in [7, 11) is 1.59. The number of aryl methyl sites for hydroxylation is 1. The number of benzene rings is 1. The van der Waals surface area contributed by atoms with Crippen LogP contribution in [-0.4, -0.2) is 47.5 Å². The third-order valence-electron chi connectivity index (χ3n) is 7.15. The molecule has 2 fully saturated rings. The second kappa shape index (κ2) is 10.9. The van der Waals surface area contributed by atoms with Crippen LogP contribution in [0.3, 0.4) is 0 Å². The Morgan fingerprint density at radius 3 is 2.53 bits per heavy atom. The summed E-state index contributed by atoms with van der Waals surface area (Å²) in [5.41, 5.74) is 1.67. The van der Waals surface area contributed by atoms with Crippen molar-refractivity contribution in [2.45, 2.75) is 70.3 Å². The van der Waals surface area contributed by atoms with E-state index in [1.807, 2.05) is 0 Å². The molecule has 1 aliphatic heterocycles. The number of nitrogens with one attached hydrogen (secondary N) is 2. The molecular weight excluding hydrogens is 413 g/mol. The highest BCUT2D eigenvalue weighted by Crippen LogP contribution is 2.43. The molecule has 0 aromatic heterocycles. The van der Waals surface area contributed by atoms with Gasteiger partial charge >= 0.3 is 0 Å². The zero-order valence-electron chi connectivity index (χ0n) is 18.7. The first-order valence-electron chi connectivity index (χ1n) is 11.6. The molecule has 1 aromatic rings. The Hall–Kier alpha value is -2.48. The van der Waals surface area contributed by atoms with E-state index in [1.54, 1.807) is 29.6 Å². The first kappa shape index (κ1) is 24.2. The summed E-state index contributed by atoms with van der Waals surface area (Å²) in [5, 5.41) is 11.8. The number of nitrogens with zero attached hydrogens (tertiary/aromatic N) is 1. The maximum absolute atomic E-state index is 13.7. The third-order valence-corrected chi connectivity index (χ3v) is 7.15. The minimum Gasteiger partial charge on any atom is -0.357 e. The van der Waals surface area contributed by atoms with Crippen molar-refractivity contribution in [2.24, 2.45) is 11.3 Å². The minimum absolute atomic E-state index is 0.118. The standard InChI is InChI=1S/C24H34FN3O4/c1-26-22(30)21(18-7-3-2-4-8-18)28-15-14-24(23(28)31,16-20(29)27-32)13-5-6-17-9-11-19(25)12-10-17/h9-12,18,21,32H,2-8,13-16H2,1H3,(H,26,30)(H,27,29). The number of likely N-dealkylation sites (N-methyl/N-ethyl adjacent to an activating group) is 1. The summed E-state index contributed by atoms with van der Waals surface area (Å²) < 4.78 is 13.2. The van der Waals surface area contributed by atoms with E-state index in [0.29, 0.717) is 32.2 Å². The Balaban J connectivity index is 1.77. The van der Waals surface area contributed by atoms with Crippen molar-refractivity contribution >= 4 is 17.7 Å². The average Bonchev–Trinajstić information content (AvgIpc) is 3.11. The van der Waals surface area contributed by atoms with Gasteiger partial charge in [-0.3, -0.25) is 19.6 Å². The van der Waals surface area contributed by atoms with Gasteiger partial charge in [-0.05, 0) is 62.1 Å². The summed E-state index contributed by atoms with van der Waals surface area (Å²) in [5.74, 6) is -1.11. The van der Waals surface area contributed by atoms with Gasteiger partial charge in [-0.15, -0.1) is 0 Å². The summed E-state index contributed by atoms with van der Waals surface area (Å²) in [6, 6.07) is 5.73. The largest absolute Gasteiger partial charge is 0.357 e. The van der Waals surface area contributed by atoms with Crippen molar-refractivity contribution in [3.8, 4) is 0 Å². The average molecular weight is 448 g/mol. The highest BCUT2D eigenvalue weighted by Gasteiger charge is 2.51. The number of hydrogen-bond donors (Lipinski definition) is 3. The van der Waals surface area contributed by atoms with E-state index in [9.17, 15) is 18.8 Å². The smallest absolute Gasteiger partial charge is 0.244 e. The van der Waals surface area contributed by atoms with Crippen LogP contribution >= 0.6 is 0 Å². The number of likely N-dealkylation sites (tertiary alicyclic amines) is 1. The zero-order valence-corrected chi connectivity index (χ0v) is 18.7. The monoisotopic (exact) mass is 447 g/mol. The van der Waals surface area contributed by atoms with Crippen LogP contribution in [0.15, 0.2) is 24.3 Å². The molecule has 3 rings (SSSR count). The molecule has 0 radical (unpaired) electrons. The first-order valence-corrected chi connectivity index (χ1v) is 11.6. The van der Waals surface area contributed by atoms with Crippen molar-refractivity contribution in [3.63, 3.8) is 0 Å². The lowest BCUT2D eigenvalue weighted by Gasteiger charge is -2.36. The highest BCUT2D eigenvalue weighted by atomic mass is 19.1. The molecule has 0 bridgehead atoms. The van der Waals surface area contributed by atoms with Gasteiger partial charge in [0.2, 0.25) is 17.7 Å². The van der Waals surface area contributed by atoms with Gasteiger partial charge in [0.25, 0.3) is 0 Å². The van der Waals surface area contributed by atoms with E-state index >= 15 is 0 Å². The molecule has 1 aromatic carbocycles. The van der Waals surface area contributed by atoms with Crippen molar-refractivity contribution in [1.82, 2.24) is 15.7 Å².